The van der Waals surface area contributed by atoms with Crippen molar-refractivity contribution in [1.29, 1.82) is 0 Å². The normalized spacial score (nSPS) is 12.2. The Morgan fingerprint density at radius 2 is 2.15 bits per heavy atom. The van der Waals surface area contributed by atoms with Gasteiger partial charge < -0.3 is 10.1 Å². The van der Waals surface area contributed by atoms with Crippen LogP contribution in [0.25, 0.3) is 0 Å². The van der Waals surface area contributed by atoms with E-state index in [4.69, 9.17) is 16.3 Å². The zero-order chi connectivity index (χ0) is 14.5. The van der Waals surface area contributed by atoms with Crippen LogP contribution in [-0.2, 0) is 0 Å². The largest absolute Gasteiger partial charge is 0.437 e. The molecule has 0 saturated carbocycles. The van der Waals surface area contributed by atoms with Crippen LogP contribution in [-0.4, -0.2) is 11.5 Å². The summed E-state index contributed by atoms with van der Waals surface area (Å²) in [5.74, 6) is 1.13. The van der Waals surface area contributed by atoms with Gasteiger partial charge in [0.25, 0.3) is 0 Å². The lowest BCUT2D eigenvalue weighted by Gasteiger charge is -2.14. The van der Waals surface area contributed by atoms with E-state index in [1.165, 1.54) is 0 Å². The van der Waals surface area contributed by atoms with Gasteiger partial charge in [0, 0.05) is 22.8 Å². The highest BCUT2D eigenvalue weighted by molar-refractivity contribution is 9.10. The summed E-state index contributed by atoms with van der Waals surface area (Å²) in [5.41, 5.74) is 1.13. The highest BCUT2D eigenvalue weighted by atomic mass is 79.9. The van der Waals surface area contributed by atoms with Crippen LogP contribution in [0, 0.1) is 0 Å². The van der Waals surface area contributed by atoms with Crippen molar-refractivity contribution >= 4 is 27.5 Å². The lowest BCUT2D eigenvalue weighted by Crippen LogP contribution is -2.17. The third-order valence-corrected chi connectivity index (χ3v) is 3.67. The number of hydrogen-bond acceptors (Lipinski definition) is 3. The summed E-state index contributed by atoms with van der Waals surface area (Å²) in [6.07, 6.45) is 1.74. The van der Waals surface area contributed by atoms with Gasteiger partial charge in [0.05, 0.1) is 5.02 Å². The van der Waals surface area contributed by atoms with Crippen molar-refractivity contribution < 1.29 is 4.74 Å². The Labute approximate surface area is 132 Å². The van der Waals surface area contributed by atoms with E-state index in [0.717, 1.165) is 16.6 Å². The number of halogens is 2. The van der Waals surface area contributed by atoms with Gasteiger partial charge in [-0.2, -0.15) is 0 Å². The number of rotatable bonds is 5. The second kappa shape index (κ2) is 7.07. The van der Waals surface area contributed by atoms with Crippen LogP contribution in [0.3, 0.4) is 0 Å². The maximum atomic E-state index is 6.14. The molecular formula is C15H16BrClN2O. The third-order valence-electron chi connectivity index (χ3n) is 2.88. The number of nitrogens with zero attached hydrogens (tertiary/aromatic N) is 1. The fraction of sp³-hybridized carbons (Fsp3) is 0.267. The average Bonchev–Trinajstić information content (AvgIpc) is 2.43. The summed E-state index contributed by atoms with van der Waals surface area (Å²) in [5, 5.41) is 3.90. The Morgan fingerprint density at radius 1 is 1.35 bits per heavy atom. The van der Waals surface area contributed by atoms with E-state index in [-0.39, 0.29) is 6.04 Å². The summed E-state index contributed by atoms with van der Waals surface area (Å²) < 4.78 is 6.66. The molecule has 1 unspecified atom stereocenters. The first-order valence-corrected chi connectivity index (χ1v) is 7.59. The molecule has 0 saturated heterocycles. The van der Waals surface area contributed by atoms with Crippen molar-refractivity contribution in [3.05, 3.63) is 51.6 Å². The number of pyridine rings is 1. The average molecular weight is 356 g/mol. The Bertz CT molecular complexity index is 592. The Hall–Kier alpha value is -1.10. The van der Waals surface area contributed by atoms with Gasteiger partial charge >= 0.3 is 0 Å². The predicted octanol–water partition coefficient (Wildman–Crippen LogP) is 4.96. The van der Waals surface area contributed by atoms with Gasteiger partial charge in [0.1, 0.15) is 5.75 Å². The molecule has 0 aliphatic heterocycles. The molecule has 0 amide bonds. The van der Waals surface area contributed by atoms with Crippen molar-refractivity contribution in [2.24, 2.45) is 0 Å². The first-order chi connectivity index (χ1) is 9.60. The van der Waals surface area contributed by atoms with Gasteiger partial charge in [-0.25, -0.2) is 4.98 Å². The highest BCUT2D eigenvalue weighted by Gasteiger charge is 2.08. The summed E-state index contributed by atoms with van der Waals surface area (Å²) in [4.78, 5) is 4.22. The SMILES string of the molecule is CCNC(C)c1ccnc(Oc2ccc(Br)cc2Cl)c1. The minimum atomic E-state index is 0.255. The molecule has 5 heteroatoms. The molecule has 20 heavy (non-hydrogen) atoms. The molecule has 3 nitrogen and oxygen atoms in total. The molecule has 0 aliphatic rings. The highest BCUT2D eigenvalue weighted by Crippen LogP contribution is 2.31. The number of nitrogens with one attached hydrogen (secondary N) is 1. The van der Waals surface area contributed by atoms with Crippen LogP contribution in [0.2, 0.25) is 5.02 Å². The van der Waals surface area contributed by atoms with Gasteiger partial charge in [0.2, 0.25) is 5.88 Å². The maximum Gasteiger partial charge on any atom is 0.219 e. The molecule has 1 N–H and O–H groups in total. The van der Waals surface area contributed by atoms with Crippen molar-refractivity contribution in [1.82, 2.24) is 10.3 Å². The molecule has 0 bridgehead atoms. The van der Waals surface area contributed by atoms with Gasteiger partial charge in [-0.05, 0) is 43.3 Å². The second-order valence-corrected chi connectivity index (χ2v) is 5.71. The molecular weight excluding hydrogens is 340 g/mol. The van der Waals surface area contributed by atoms with Crippen molar-refractivity contribution in [3.8, 4) is 11.6 Å². The molecule has 0 aliphatic carbocycles. The van der Waals surface area contributed by atoms with E-state index < -0.39 is 0 Å². The Morgan fingerprint density at radius 3 is 2.85 bits per heavy atom. The summed E-state index contributed by atoms with van der Waals surface area (Å²) in [6.45, 7) is 5.10. The summed E-state index contributed by atoms with van der Waals surface area (Å²) >= 11 is 9.50. The third kappa shape index (κ3) is 3.95. The van der Waals surface area contributed by atoms with Crippen LogP contribution < -0.4 is 10.1 Å². The van der Waals surface area contributed by atoms with Crippen molar-refractivity contribution in [2.45, 2.75) is 19.9 Å². The first-order valence-electron chi connectivity index (χ1n) is 6.42. The van der Waals surface area contributed by atoms with Crippen LogP contribution in [0.4, 0.5) is 0 Å². The number of ether oxygens (including phenoxy) is 1. The number of hydrogen-bond donors (Lipinski definition) is 1. The zero-order valence-electron chi connectivity index (χ0n) is 11.4. The predicted molar refractivity (Wildman–Crippen MR) is 85.6 cm³/mol. The topological polar surface area (TPSA) is 34.2 Å². The standard InChI is InChI=1S/C15H16BrClN2O/c1-3-18-10(2)11-6-7-19-15(8-11)20-14-5-4-12(16)9-13(14)17/h4-10,18H,3H2,1-2H3. The van der Waals surface area contributed by atoms with Gasteiger partial charge in [-0.3, -0.25) is 0 Å². The molecule has 106 valence electrons. The minimum absolute atomic E-state index is 0.255. The van der Waals surface area contributed by atoms with Crippen LogP contribution >= 0.6 is 27.5 Å². The molecule has 1 aromatic heterocycles. The van der Waals surface area contributed by atoms with Crippen LogP contribution in [0.5, 0.6) is 11.6 Å². The molecule has 0 fully saturated rings. The second-order valence-electron chi connectivity index (χ2n) is 4.38. The zero-order valence-corrected chi connectivity index (χ0v) is 13.7. The maximum absolute atomic E-state index is 6.14. The van der Waals surface area contributed by atoms with E-state index in [0.29, 0.717) is 16.7 Å². The summed E-state index contributed by atoms with van der Waals surface area (Å²) in [6, 6.07) is 9.64. The molecule has 1 atom stereocenters. The van der Waals surface area contributed by atoms with Gasteiger partial charge in [-0.15, -0.1) is 0 Å². The monoisotopic (exact) mass is 354 g/mol. The van der Waals surface area contributed by atoms with E-state index in [1.807, 2.05) is 24.3 Å². The minimum Gasteiger partial charge on any atom is -0.437 e. The van der Waals surface area contributed by atoms with E-state index in [1.54, 1.807) is 12.3 Å². The lowest BCUT2D eigenvalue weighted by atomic mass is 10.1. The quantitative estimate of drug-likeness (QED) is 0.823. The van der Waals surface area contributed by atoms with E-state index in [9.17, 15) is 0 Å². The van der Waals surface area contributed by atoms with E-state index >= 15 is 0 Å². The molecule has 0 spiro atoms. The van der Waals surface area contributed by atoms with Crippen LogP contribution in [0.1, 0.15) is 25.5 Å². The smallest absolute Gasteiger partial charge is 0.219 e. The van der Waals surface area contributed by atoms with Crippen molar-refractivity contribution in [2.75, 3.05) is 6.54 Å². The Balaban J connectivity index is 2.19. The van der Waals surface area contributed by atoms with Gasteiger partial charge in [0.15, 0.2) is 0 Å². The molecule has 2 aromatic rings. The lowest BCUT2D eigenvalue weighted by molar-refractivity contribution is 0.460. The fourth-order valence-electron chi connectivity index (χ4n) is 1.84. The van der Waals surface area contributed by atoms with Crippen molar-refractivity contribution in [3.63, 3.8) is 0 Å². The summed E-state index contributed by atoms with van der Waals surface area (Å²) in [7, 11) is 0. The molecule has 0 radical (unpaired) electrons. The Kier molecular flexibility index (Phi) is 5.40. The van der Waals surface area contributed by atoms with E-state index in [2.05, 4.69) is 40.1 Å². The molecule has 1 heterocycles. The van der Waals surface area contributed by atoms with Gasteiger partial charge in [-0.1, -0.05) is 34.5 Å². The fourth-order valence-corrected chi connectivity index (χ4v) is 2.56. The number of aromatic nitrogens is 1. The molecule has 2 rings (SSSR count). The number of benzene rings is 1. The first kappa shape index (κ1) is 15.3. The van der Waals surface area contributed by atoms with Crippen LogP contribution in [0.15, 0.2) is 41.0 Å². The molecule has 1 aromatic carbocycles.